The number of nitrogen functional groups attached to an aromatic ring is 1. The smallest absolute Gasteiger partial charge is 0.416 e. The maximum Gasteiger partial charge on any atom is 0.416 e. The molecule has 0 radical (unpaired) electrons. The number of carbonyl (C=O) groups excluding carboxylic acids is 1. The molecule has 2 rings (SSSR count). The lowest BCUT2D eigenvalue weighted by molar-refractivity contribution is -0.137. The molecule has 7 nitrogen and oxygen atoms in total. The highest BCUT2D eigenvalue weighted by Gasteiger charge is 2.30. The number of nitrogens with two attached hydrogens (primary N) is 1. The first kappa shape index (κ1) is 18.3. The van der Waals surface area contributed by atoms with Crippen LogP contribution in [0.5, 0.6) is 5.75 Å². The van der Waals surface area contributed by atoms with Crippen LogP contribution in [-0.4, -0.2) is 21.5 Å². The summed E-state index contributed by atoms with van der Waals surface area (Å²) in [5.41, 5.74) is 2.62. The molecule has 2 aromatic rings. The van der Waals surface area contributed by atoms with E-state index in [1.165, 1.54) is 20.2 Å². The van der Waals surface area contributed by atoms with Gasteiger partial charge in [-0.15, -0.1) is 0 Å². The van der Waals surface area contributed by atoms with Gasteiger partial charge >= 0.3 is 11.9 Å². The average molecular weight is 357 g/mol. The number of nitrogens with zero attached hydrogens (tertiary/aromatic N) is 2. The zero-order valence-electron chi connectivity index (χ0n) is 13.3. The van der Waals surface area contributed by atoms with Gasteiger partial charge in [0.1, 0.15) is 17.1 Å². The molecule has 0 fully saturated rings. The van der Waals surface area contributed by atoms with Crippen LogP contribution in [0, 0.1) is 0 Å². The molecule has 0 spiro atoms. The Morgan fingerprint density at radius 1 is 1.20 bits per heavy atom. The number of hydrogen-bond donors (Lipinski definition) is 1. The molecule has 0 unspecified atom stereocenters. The molecule has 0 atom stereocenters. The minimum Gasteiger partial charge on any atom is -0.485 e. The molecule has 0 amide bonds. The lowest BCUT2D eigenvalue weighted by Gasteiger charge is -2.12. The fraction of sp³-hybridized carbons (Fsp3) is 0.267. The van der Waals surface area contributed by atoms with E-state index in [0.29, 0.717) is 4.57 Å². The second kappa shape index (κ2) is 6.46. The van der Waals surface area contributed by atoms with Crippen LogP contribution in [0.2, 0.25) is 0 Å². The first-order valence-corrected chi connectivity index (χ1v) is 6.92. The summed E-state index contributed by atoms with van der Waals surface area (Å²) in [6.45, 7) is -0.709. The molecule has 0 saturated carbocycles. The Morgan fingerprint density at radius 2 is 1.84 bits per heavy atom. The van der Waals surface area contributed by atoms with E-state index in [1.54, 1.807) is 0 Å². The largest absolute Gasteiger partial charge is 0.485 e. The molecule has 1 aromatic heterocycles. The Morgan fingerprint density at radius 3 is 2.44 bits per heavy atom. The number of halogens is 3. The van der Waals surface area contributed by atoms with Crippen molar-refractivity contribution in [1.82, 2.24) is 9.13 Å². The predicted octanol–water partition coefficient (Wildman–Crippen LogP) is 0.947. The fourth-order valence-electron chi connectivity index (χ4n) is 2.11. The van der Waals surface area contributed by atoms with Gasteiger partial charge in [0.05, 0.1) is 5.56 Å². The van der Waals surface area contributed by atoms with Gasteiger partial charge in [0, 0.05) is 14.1 Å². The third-order valence-electron chi connectivity index (χ3n) is 3.52. The third-order valence-corrected chi connectivity index (χ3v) is 3.52. The Balaban J connectivity index is 2.28. The van der Waals surface area contributed by atoms with Crippen molar-refractivity contribution in [3.63, 3.8) is 0 Å². The van der Waals surface area contributed by atoms with Crippen molar-refractivity contribution in [3.05, 3.63) is 56.2 Å². The van der Waals surface area contributed by atoms with Gasteiger partial charge in [-0.05, 0) is 18.2 Å². The van der Waals surface area contributed by atoms with Crippen LogP contribution in [0.25, 0.3) is 0 Å². The summed E-state index contributed by atoms with van der Waals surface area (Å²) in [5.74, 6) is -1.39. The topological polar surface area (TPSA) is 96.3 Å². The molecule has 0 bridgehead atoms. The number of Topliss-reactive ketones (excluding diaryl/α,β-unsaturated/α-hetero) is 1. The second-order valence-corrected chi connectivity index (χ2v) is 5.20. The van der Waals surface area contributed by atoms with Crippen LogP contribution in [0.1, 0.15) is 15.9 Å². The molecule has 1 heterocycles. The van der Waals surface area contributed by atoms with E-state index in [2.05, 4.69) is 0 Å². The minimum absolute atomic E-state index is 0.191. The first-order valence-electron chi connectivity index (χ1n) is 6.92. The van der Waals surface area contributed by atoms with Crippen molar-refractivity contribution in [2.24, 2.45) is 14.1 Å². The van der Waals surface area contributed by atoms with Gasteiger partial charge in [0.2, 0.25) is 5.78 Å². The SMILES string of the molecule is Cn1c(N)c(C(=O)COc2cccc(C(F)(F)F)c2)c(=O)n(C)c1=O. The van der Waals surface area contributed by atoms with E-state index in [-0.39, 0.29) is 11.6 Å². The van der Waals surface area contributed by atoms with Crippen LogP contribution in [-0.2, 0) is 20.3 Å². The molecule has 0 saturated heterocycles. The third kappa shape index (κ3) is 3.57. The van der Waals surface area contributed by atoms with Crippen molar-refractivity contribution in [3.8, 4) is 5.75 Å². The standard InChI is InChI=1S/C15H14F3N3O4/c1-20-12(19)11(13(23)21(2)14(20)24)10(22)7-25-9-5-3-4-8(6-9)15(16,17)18/h3-6H,7,19H2,1-2H3. The van der Waals surface area contributed by atoms with Gasteiger partial charge in [-0.3, -0.25) is 18.7 Å². The summed E-state index contributed by atoms with van der Waals surface area (Å²) in [4.78, 5) is 35.9. The van der Waals surface area contributed by atoms with E-state index in [0.717, 1.165) is 22.8 Å². The Kier molecular flexibility index (Phi) is 4.73. The number of alkyl halides is 3. The zero-order valence-corrected chi connectivity index (χ0v) is 13.3. The van der Waals surface area contributed by atoms with Gasteiger partial charge in [-0.25, -0.2) is 4.79 Å². The fourth-order valence-corrected chi connectivity index (χ4v) is 2.11. The summed E-state index contributed by atoms with van der Waals surface area (Å²) in [6, 6.07) is 3.96. The first-order chi connectivity index (χ1) is 11.5. The molecule has 25 heavy (non-hydrogen) atoms. The predicted molar refractivity (Wildman–Crippen MR) is 82.6 cm³/mol. The van der Waals surface area contributed by atoms with Crippen LogP contribution in [0.3, 0.4) is 0 Å². The van der Waals surface area contributed by atoms with Crippen LogP contribution in [0.4, 0.5) is 19.0 Å². The van der Waals surface area contributed by atoms with Gasteiger partial charge < -0.3 is 10.5 Å². The number of ether oxygens (including phenoxy) is 1. The number of rotatable bonds is 4. The Bertz CT molecular complexity index is 945. The van der Waals surface area contributed by atoms with Gasteiger partial charge in [-0.2, -0.15) is 13.2 Å². The van der Waals surface area contributed by atoms with Crippen LogP contribution >= 0.6 is 0 Å². The van der Waals surface area contributed by atoms with Gasteiger partial charge in [-0.1, -0.05) is 6.07 Å². The molecule has 2 N–H and O–H groups in total. The molecule has 0 aliphatic carbocycles. The van der Waals surface area contributed by atoms with Crippen molar-refractivity contribution in [2.45, 2.75) is 6.18 Å². The molecule has 134 valence electrons. The molecule has 0 aliphatic rings. The minimum atomic E-state index is -4.55. The molecular weight excluding hydrogens is 343 g/mol. The van der Waals surface area contributed by atoms with Crippen molar-refractivity contribution in [1.29, 1.82) is 0 Å². The van der Waals surface area contributed by atoms with E-state index in [4.69, 9.17) is 10.5 Å². The summed E-state index contributed by atoms with van der Waals surface area (Å²) >= 11 is 0. The second-order valence-electron chi connectivity index (χ2n) is 5.20. The van der Waals surface area contributed by atoms with Gasteiger partial charge in [0.15, 0.2) is 6.61 Å². The molecular formula is C15H14F3N3O4. The van der Waals surface area contributed by atoms with E-state index in [1.807, 2.05) is 0 Å². The van der Waals surface area contributed by atoms with E-state index < -0.39 is 40.9 Å². The maximum absolute atomic E-state index is 12.6. The number of anilines is 1. The number of ketones is 1. The highest BCUT2D eigenvalue weighted by molar-refractivity contribution is 6.00. The van der Waals surface area contributed by atoms with E-state index in [9.17, 15) is 27.6 Å². The monoisotopic (exact) mass is 357 g/mol. The van der Waals surface area contributed by atoms with Crippen LogP contribution in [0.15, 0.2) is 33.9 Å². The lowest BCUT2D eigenvalue weighted by atomic mass is 10.2. The molecule has 10 heteroatoms. The summed E-state index contributed by atoms with van der Waals surface area (Å²) in [6.07, 6.45) is -4.55. The molecule has 1 aromatic carbocycles. The molecule has 0 aliphatic heterocycles. The Hall–Kier alpha value is -3.04. The number of carbonyl (C=O) groups is 1. The highest BCUT2D eigenvalue weighted by atomic mass is 19.4. The maximum atomic E-state index is 12.6. The summed E-state index contributed by atoms with van der Waals surface area (Å²) in [5, 5.41) is 0. The average Bonchev–Trinajstić information content (AvgIpc) is 2.56. The number of benzene rings is 1. The normalized spacial score (nSPS) is 11.4. The zero-order chi connectivity index (χ0) is 18.9. The highest BCUT2D eigenvalue weighted by Crippen LogP contribution is 2.31. The summed E-state index contributed by atoms with van der Waals surface area (Å²) < 4.78 is 44.6. The van der Waals surface area contributed by atoms with E-state index >= 15 is 0 Å². The van der Waals surface area contributed by atoms with Crippen molar-refractivity contribution in [2.75, 3.05) is 12.3 Å². The quantitative estimate of drug-likeness (QED) is 0.822. The summed E-state index contributed by atoms with van der Waals surface area (Å²) in [7, 11) is 2.45. The van der Waals surface area contributed by atoms with Crippen molar-refractivity contribution < 1.29 is 22.7 Å². The van der Waals surface area contributed by atoms with Gasteiger partial charge in [0.25, 0.3) is 5.56 Å². The Labute approximate surface area is 139 Å². The van der Waals surface area contributed by atoms with Crippen LogP contribution < -0.4 is 21.7 Å². The number of aromatic nitrogens is 2. The lowest BCUT2D eigenvalue weighted by Crippen LogP contribution is -2.42. The number of hydrogen-bond acceptors (Lipinski definition) is 5. The van der Waals surface area contributed by atoms with Crippen molar-refractivity contribution >= 4 is 11.6 Å².